The summed E-state index contributed by atoms with van der Waals surface area (Å²) < 4.78 is 47.9. The second-order valence-corrected chi connectivity index (χ2v) is 9.23. The van der Waals surface area contributed by atoms with Crippen LogP contribution < -0.4 is 4.74 Å². The lowest BCUT2D eigenvalue weighted by atomic mass is 9.86. The number of alkyl halides is 3. The van der Waals surface area contributed by atoms with Gasteiger partial charge in [-0.15, -0.1) is 0 Å². The van der Waals surface area contributed by atoms with E-state index in [9.17, 15) is 13.2 Å². The molecule has 4 heteroatoms. The van der Waals surface area contributed by atoms with Crippen LogP contribution in [0.1, 0.15) is 57.4 Å². The highest BCUT2D eigenvalue weighted by Crippen LogP contribution is 2.41. The van der Waals surface area contributed by atoms with E-state index in [-0.39, 0.29) is 28.7 Å². The van der Waals surface area contributed by atoms with Crippen molar-refractivity contribution in [3.8, 4) is 16.9 Å². The van der Waals surface area contributed by atoms with E-state index in [1.807, 2.05) is 56.3 Å². The molecule has 0 spiro atoms. The SMILES string of the molecule is CC(C)C(Oc1ccc(-c2ccc(C(C)(C)C)cc2)c(C(F)(F)F)c1)c1ccccc1. The Morgan fingerprint density at radius 1 is 0.774 bits per heavy atom. The fourth-order valence-corrected chi connectivity index (χ4v) is 3.61. The first kappa shape index (κ1) is 22.9. The maximum absolute atomic E-state index is 13.9. The third kappa shape index (κ3) is 5.49. The molecule has 0 aliphatic rings. The second-order valence-electron chi connectivity index (χ2n) is 9.23. The predicted molar refractivity (Wildman–Crippen MR) is 120 cm³/mol. The molecule has 0 radical (unpaired) electrons. The number of rotatable bonds is 5. The molecule has 1 atom stereocenters. The zero-order valence-electron chi connectivity index (χ0n) is 18.6. The minimum Gasteiger partial charge on any atom is -0.485 e. The van der Waals surface area contributed by atoms with Gasteiger partial charge in [0, 0.05) is 0 Å². The molecule has 3 aromatic rings. The van der Waals surface area contributed by atoms with Gasteiger partial charge in [-0.2, -0.15) is 13.2 Å². The van der Waals surface area contributed by atoms with Gasteiger partial charge in [0.05, 0.1) is 5.56 Å². The van der Waals surface area contributed by atoms with Gasteiger partial charge in [0.2, 0.25) is 0 Å². The standard InChI is InChI=1S/C27H29F3O/c1-18(2)25(20-9-7-6-8-10-20)31-22-15-16-23(24(17-22)27(28,29)30)19-11-13-21(14-12-19)26(3,4)5/h6-18,25H,1-5H3. The summed E-state index contributed by atoms with van der Waals surface area (Å²) in [5.74, 6) is 0.311. The highest BCUT2D eigenvalue weighted by atomic mass is 19.4. The van der Waals surface area contributed by atoms with Gasteiger partial charge in [0.1, 0.15) is 11.9 Å². The van der Waals surface area contributed by atoms with Crippen LogP contribution in [0, 0.1) is 5.92 Å². The molecule has 0 N–H and O–H groups in total. The van der Waals surface area contributed by atoms with Crippen molar-refractivity contribution >= 4 is 0 Å². The van der Waals surface area contributed by atoms with Gasteiger partial charge in [-0.05, 0) is 45.7 Å². The van der Waals surface area contributed by atoms with Crippen LogP contribution >= 0.6 is 0 Å². The van der Waals surface area contributed by atoms with Gasteiger partial charge in [0.25, 0.3) is 0 Å². The number of hydrogen-bond acceptors (Lipinski definition) is 1. The Bertz CT molecular complexity index is 997. The lowest BCUT2D eigenvalue weighted by molar-refractivity contribution is -0.137. The summed E-state index contributed by atoms with van der Waals surface area (Å²) in [6.07, 6.45) is -4.82. The Labute approximate surface area is 182 Å². The van der Waals surface area contributed by atoms with Crippen LogP contribution in [0.25, 0.3) is 11.1 Å². The van der Waals surface area contributed by atoms with Crippen molar-refractivity contribution in [1.29, 1.82) is 0 Å². The van der Waals surface area contributed by atoms with Crippen molar-refractivity contribution in [1.82, 2.24) is 0 Å². The minimum atomic E-state index is -4.49. The molecule has 0 aliphatic carbocycles. The predicted octanol–water partition coefficient (Wildman–Crippen LogP) is 8.45. The first-order valence-electron chi connectivity index (χ1n) is 10.5. The molecule has 0 amide bonds. The topological polar surface area (TPSA) is 9.23 Å². The normalized spacial score (nSPS) is 13.3. The van der Waals surface area contributed by atoms with Gasteiger partial charge in [-0.25, -0.2) is 0 Å². The van der Waals surface area contributed by atoms with Crippen LogP contribution in [0.3, 0.4) is 0 Å². The molecule has 0 aliphatic heterocycles. The summed E-state index contributed by atoms with van der Waals surface area (Å²) in [5, 5.41) is 0. The molecule has 0 saturated carbocycles. The van der Waals surface area contributed by atoms with E-state index >= 15 is 0 Å². The average Bonchev–Trinajstić information content (AvgIpc) is 2.71. The van der Waals surface area contributed by atoms with Gasteiger partial charge >= 0.3 is 6.18 Å². The van der Waals surface area contributed by atoms with Crippen molar-refractivity contribution in [2.24, 2.45) is 5.92 Å². The highest BCUT2D eigenvalue weighted by molar-refractivity contribution is 5.69. The molecular formula is C27H29F3O. The zero-order chi connectivity index (χ0) is 22.8. The first-order chi connectivity index (χ1) is 14.5. The Kier molecular flexibility index (Phi) is 6.49. The average molecular weight is 427 g/mol. The smallest absolute Gasteiger partial charge is 0.417 e. The van der Waals surface area contributed by atoms with Crippen LogP contribution in [-0.4, -0.2) is 0 Å². The number of benzene rings is 3. The van der Waals surface area contributed by atoms with Crippen LogP contribution in [0.4, 0.5) is 13.2 Å². The maximum Gasteiger partial charge on any atom is 0.417 e. The van der Waals surface area contributed by atoms with Gasteiger partial charge in [-0.3, -0.25) is 0 Å². The molecule has 3 aromatic carbocycles. The summed E-state index contributed by atoms with van der Waals surface area (Å²) in [6, 6.07) is 21.1. The molecule has 1 nitrogen and oxygen atoms in total. The molecule has 0 heterocycles. The summed E-state index contributed by atoms with van der Waals surface area (Å²) in [6.45, 7) is 10.2. The third-order valence-corrected chi connectivity index (χ3v) is 5.36. The molecule has 3 rings (SSSR count). The van der Waals surface area contributed by atoms with E-state index < -0.39 is 11.7 Å². The van der Waals surface area contributed by atoms with Crippen LogP contribution in [-0.2, 0) is 11.6 Å². The van der Waals surface area contributed by atoms with Crippen LogP contribution in [0.2, 0.25) is 0 Å². The van der Waals surface area contributed by atoms with Crippen molar-refractivity contribution in [3.05, 3.63) is 89.5 Å². The number of ether oxygens (including phenoxy) is 1. The Morgan fingerprint density at radius 2 is 1.39 bits per heavy atom. The number of hydrogen-bond donors (Lipinski definition) is 0. The molecule has 0 aromatic heterocycles. The third-order valence-electron chi connectivity index (χ3n) is 5.36. The van der Waals surface area contributed by atoms with Gasteiger partial charge in [0.15, 0.2) is 0 Å². The molecular weight excluding hydrogens is 397 g/mol. The molecule has 0 bridgehead atoms. The van der Waals surface area contributed by atoms with E-state index in [0.717, 1.165) is 17.2 Å². The van der Waals surface area contributed by atoms with Crippen LogP contribution in [0.15, 0.2) is 72.8 Å². The maximum atomic E-state index is 13.9. The Morgan fingerprint density at radius 3 is 1.90 bits per heavy atom. The largest absolute Gasteiger partial charge is 0.485 e. The Balaban J connectivity index is 1.99. The molecule has 164 valence electrons. The van der Waals surface area contributed by atoms with Crippen molar-refractivity contribution < 1.29 is 17.9 Å². The number of halogens is 3. The monoisotopic (exact) mass is 426 g/mol. The molecule has 1 unspecified atom stereocenters. The summed E-state index contributed by atoms with van der Waals surface area (Å²) >= 11 is 0. The van der Waals surface area contributed by atoms with E-state index in [1.165, 1.54) is 6.07 Å². The van der Waals surface area contributed by atoms with E-state index in [4.69, 9.17) is 4.74 Å². The lowest BCUT2D eigenvalue weighted by Crippen LogP contribution is -2.15. The fourth-order valence-electron chi connectivity index (χ4n) is 3.61. The van der Waals surface area contributed by atoms with E-state index in [0.29, 0.717) is 5.56 Å². The van der Waals surface area contributed by atoms with Crippen molar-refractivity contribution in [2.75, 3.05) is 0 Å². The highest BCUT2D eigenvalue weighted by Gasteiger charge is 2.34. The Hall–Kier alpha value is -2.75. The second kappa shape index (κ2) is 8.78. The minimum absolute atomic E-state index is 0.0631. The summed E-state index contributed by atoms with van der Waals surface area (Å²) in [4.78, 5) is 0. The van der Waals surface area contributed by atoms with Crippen molar-refractivity contribution in [2.45, 2.75) is 52.3 Å². The summed E-state index contributed by atoms with van der Waals surface area (Å²) in [5.41, 5.74) is 1.95. The molecule has 31 heavy (non-hydrogen) atoms. The van der Waals surface area contributed by atoms with E-state index in [2.05, 4.69) is 20.8 Å². The van der Waals surface area contributed by atoms with Crippen molar-refractivity contribution in [3.63, 3.8) is 0 Å². The summed E-state index contributed by atoms with van der Waals surface area (Å²) in [7, 11) is 0. The zero-order valence-corrected chi connectivity index (χ0v) is 18.6. The molecule has 0 saturated heterocycles. The van der Waals surface area contributed by atoms with E-state index in [1.54, 1.807) is 18.2 Å². The lowest BCUT2D eigenvalue weighted by Gasteiger charge is -2.24. The fraction of sp³-hybridized carbons (Fsp3) is 0.333. The molecule has 0 fully saturated rings. The van der Waals surface area contributed by atoms with Gasteiger partial charge < -0.3 is 4.74 Å². The van der Waals surface area contributed by atoms with Crippen LogP contribution in [0.5, 0.6) is 5.75 Å². The quantitative estimate of drug-likeness (QED) is 0.398. The van der Waals surface area contributed by atoms with Gasteiger partial charge in [-0.1, -0.05) is 95.3 Å². The first-order valence-corrected chi connectivity index (χ1v) is 10.5.